The van der Waals surface area contributed by atoms with Crippen molar-refractivity contribution in [2.24, 2.45) is 0 Å². The number of carbonyl (C=O) groups is 1. The highest BCUT2D eigenvalue weighted by molar-refractivity contribution is 8.00. The number of fused-ring (bicyclic) bond motifs is 2. The lowest BCUT2D eigenvalue weighted by Crippen LogP contribution is -2.45. The quantitative estimate of drug-likeness (QED) is 0.833. The molecular weight excluding hydrogens is 339 g/mol. The summed E-state index contributed by atoms with van der Waals surface area (Å²) in [5.41, 5.74) is 0. The maximum absolute atomic E-state index is 12.9. The van der Waals surface area contributed by atoms with Gasteiger partial charge in [-0.2, -0.15) is 0 Å². The normalized spacial score (nSPS) is 25.9. The molecule has 0 saturated carbocycles. The lowest BCUT2D eigenvalue weighted by atomic mass is 10.1. The van der Waals surface area contributed by atoms with Crippen LogP contribution in [0.15, 0.2) is 23.1 Å². The van der Waals surface area contributed by atoms with E-state index in [-0.39, 0.29) is 11.2 Å². The summed E-state index contributed by atoms with van der Waals surface area (Å²) in [7, 11) is 0. The van der Waals surface area contributed by atoms with Crippen LogP contribution in [0.25, 0.3) is 0 Å². The summed E-state index contributed by atoms with van der Waals surface area (Å²) in [5, 5.41) is 4.57. The zero-order valence-corrected chi connectivity index (χ0v) is 14.8. The van der Waals surface area contributed by atoms with Gasteiger partial charge in [0.15, 0.2) is 0 Å². The van der Waals surface area contributed by atoms with Crippen LogP contribution in [0.1, 0.15) is 26.2 Å². The van der Waals surface area contributed by atoms with E-state index in [1.807, 2.05) is 13.0 Å². The Morgan fingerprint density at radius 1 is 1.32 bits per heavy atom. The van der Waals surface area contributed by atoms with Gasteiger partial charge < -0.3 is 10.2 Å². The van der Waals surface area contributed by atoms with Crippen molar-refractivity contribution in [1.82, 2.24) is 10.2 Å². The molecule has 120 valence electrons. The van der Waals surface area contributed by atoms with Gasteiger partial charge in [-0.15, -0.1) is 11.8 Å². The molecule has 3 unspecified atom stereocenters. The zero-order valence-electron chi connectivity index (χ0n) is 12.5. The molecule has 2 aliphatic rings. The second-order valence-electron chi connectivity index (χ2n) is 5.96. The average Bonchev–Trinajstić information content (AvgIpc) is 2.75. The first-order valence-corrected chi connectivity index (χ1v) is 9.34. The fourth-order valence-electron chi connectivity index (χ4n) is 3.36. The van der Waals surface area contributed by atoms with E-state index in [9.17, 15) is 4.79 Å². The Balaban J connectivity index is 1.73. The van der Waals surface area contributed by atoms with E-state index in [0.29, 0.717) is 22.1 Å². The number of hydrogen-bond donors (Lipinski definition) is 1. The highest BCUT2D eigenvalue weighted by Crippen LogP contribution is 2.36. The third kappa shape index (κ3) is 3.40. The van der Waals surface area contributed by atoms with Crippen LogP contribution in [0.2, 0.25) is 10.0 Å². The van der Waals surface area contributed by atoms with Gasteiger partial charge in [-0.25, -0.2) is 0 Å². The van der Waals surface area contributed by atoms with E-state index in [0.717, 1.165) is 37.2 Å². The van der Waals surface area contributed by atoms with Crippen molar-refractivity contribution < 1.29 is 4.79 Å². The molecule has 0 spiro atoms. The number of thioether (sulfide) groups is 1. The zero-order chi connectivity index (χ0) is 15.7. The van der Waals surface area contributed by atoms with Crippen molar-refractivity contribution in [2.75, 3.05) is 13.1 Å². The molecule has 3 nitrogen and oxygen atoms in total. The Labute approximate surface area is 145 Å². The number of amides is 1. The van der Waals surface area contributed by atoms with E-state index >= 15 is 0 Å². The van der Waals surface area contributed by atoms with E-state index in [1.54, 1.807) is 12.1 Å². The van der Waals surface area contributed by atoms with Crippen LogP contribution in [-0.4, -0.2) is 41.2 Å². The van der Waals surface area contributed by atoms with Crippen LogP contribution in [0.5, 0.6) is 0 Å². The summed E-state index contributed by atoms with van der Waals surface area (Å²) in [6.45, 7) is 3.88. The van der Waals surface area contributed by atoms with E-state index in [4.69, 9.17) is 23.2 Å². The van der Waals surface area contributed by atoms with Gasteiger partial charge in [0, 0.05) is 28.5 Å². The van der Waals surface area contributed by atoms with Crippen molar-refractivity contribution in [1.29, 1.82) is 0 Å². The molecule has 1 N–H and O–H groups in total. The second kappa shape index (κ2) is 7.00. The Morgan fingerprint density at radius 2 is 2.09 bits per heavy atom. The van der Waals surface area contributed by atoms with Crippen molar-refractivity contribution in [3.63, 3.8) is 0 Å². The van der Waals surface area contributed by atoms with Crippen LogP contribution in [0.3, 0.4) is 0 Å². The first-order chi connectivity index (χ1) is 10.6. The maximum Gasteiger partial charge on any atom is 0.236 e. The summed E-state index contributed by atoms with van der Waals surface area (Å²) >= 11 is 13.7. The van der Waals surface area contributed by atoms with Crippen LogP contribution in [-0.2, 0) is 4.79 Å². The van der Waals surface area contributed by atoms with Crippen molar-refractivity contribution in [3.8, 4) is 0 Å². The van der Waals surface area contributed by atoms with Crippen LogP contribution >= 0.6 is 35.0 Å². The fourth-order valence-corrected chi connectivity index (χ4v) is 4.83. The molecular formula is C16H20Cl2N2OS. The molecule has 2 fully saturated rings. The molecule has 1 amide bonds. The molecule has 1 aromatic carbocycles. The summed E-state index contributed by atoms with van der Waals surface area (Å²) in [5.74, 6) is 0.220. The number of hydrogen-bond acceptors (Lipinski definition) is 3. The second-order valence-corrected chi connectivity index (χ2v) is 8.18. The third-order valence-electron chi connectivity index (χ3n) is 4.45. The lowest BCUT2D eigenvalue weighted by Gasteiger charge is -2.30. The van der Waals surface area contributed by atoms with E-state index in [2.05, 4.69) is 10.2 Å². The van der Waals surface area contributed by atoms with Gasteiger partial charge in [-0.1, -0.05) is 23.2 Å². The van der Waals surface area contributed by atoms with Gasteiger partial charge in [-0.05, 0) is 50.9 Å². The molecule has 6 heteroatoms. The smallest absolute Gasteiger partial charge is 0.236 e. The van der Waals surface area contributed by atoms with Crippen LogP contribution in [0.4, 0.5) is 0 Å². The minimum Gasteiger partial charge on any atom is -0.334 e. The average molecular weight is 359 g/mol. The van der Waals surface area contributed by atoms with Gasteiger partial charge in [0.25, 0.3) is 0 Å². The molecule has 1 aromatic rings. The molecule has 0 aliphatic carbocycles. The summed E-state index contributed by atoms with van der Waals surface area (Å²) in [6.07, 6.45) is 3.30. The van der Waals surface area contributed by atoms with Gasteiger partial charge in [0.1, 0.15) is 0 Å². The molecule has 2 heterocycles. The molecule has 2 bridgehead atoms. The minimum absolute atomic E-state index is 0.155. The number of rotatable bonds is 3. The lowest BCUT2D eigenvalue weighted by molar-refractivity contribution is -0.132. The Hall–Kier alpha value is -0.420. The standard InChI is InChI=1S/C16H20Cl2N2OS/c1-10(22-15-8-11(17)2-5-14(15)18)16(21)20-12-3-4-13(20)9-19-7-6-12/h2,5,8,10,12-13,19H,3-4,6-7,9H2,1H3. The molecule has 2 saturated heterocycles. The molecule has 22 heavy (non-hydrogen) atoms. The van der Waals surface area contributed by atoms with Crippen molar-refractivity contribution in [3.05, 3.63) is 28.2 Å². The fraction of sp³-hybridized carbons (Fsp3) is 0.562. The number of nitrogens with one attached hydrogen (secondary N) is 1. The molecule has 3 rings (SSSR count). The number of carbonyl (C=O) groups excluding carboxylic acids is 1. The summed E-state index contributed by atoms with van der Waals surface area (Å²) in [4.78, 5) is 15.9. The van der Waals surface area contributed by atoms with Crippen LogP contribution in [0, 0.1) is 0 Å². The SMILES string of the molecule is CC(Sc1cc(Cl)ccc1Cl)C(=O)N1C2CCNCC1CC2. The van der Waals surface area contributed by atoms with E-state index in [1.165, 1.54) is 11.8 Å². The minimum atomic E-state index is -0.155. The van der Waals surface area contributed by atoms with Crippen LogP contribution < -0.4 is 5.32 Å². The maximum atomic E-state index is 12.9. The highest BCUT2D eigenvalue weighted by atomic mass is 35.5. The third-order valence-corrected chi connectivity index (χ3v) is 6.28. The molecule has 0 radical (unpaired) electrons. The van der Waals surface area contributed by atoms with Crippen molar-refractivity contribution in [2.45, 2.75) is 48.4 Å². The van der Waals surface area contributed by atoms with E-state index < -0.39 is 0 Å². The monoisotopic (exact) mass is 358 g/mol. The van der Waals surface area contributed by atoms with Crippen molar-refractivity contribution >= 4 is 40.9 Å². The van der Waals surface area contributed by atoms with Gasteiger partial charge in [-0.3, -0.25) is 4.79 Å². The number of nitrogens with zero attached hydrogens (tertiary/aromatic N) is 1. The molecule has 0 aromatic heterocycles. The Kier molecular flexibility index (Phi) is 5.23. The first kappa shape index (κ1) is 16.4. The number of benzene rings is 1. The molecule has 2 aliphatic heterocycles. The first-order valence-electron chi connectivity index (χ1n) is 7.71. The number of halogens is 2. The summed E-state index contributed by atoms with van der Waals surface area (Å²) < 4.78 is 0. The Bertz CT molecular complexity index is 555. The summed E-state index contributed by atoms with van der Waals surface area (Å²) in [6, 6.07) is 6.12. The van der Waals surface area contributed by atoms with Gasteiger partial charge in [0.2, 0.25) is 5.91 Å². The Morgan fingerprint density at radius 3 is 2.91 bits per heavy atom. The topological polar surface area (TPSA) is 32.3 Å². The largest absolute Gasteiger partial charge is 0.334 e. The molecule has 3 atom stereocenters. The predicted molar refractivity (Wildman–Crippen MR) is 92.9 cm³/mol. The van der Waals surface area contributed by atoms with Gasteiger partial charge >= 0.3 is 0 Å². The van der Waals surface area contributed by atoms with Gasteiger partial charge in [0.05, 0.1) is 10.3 Å². The predicted octanol–water partition coefficient (Wildman–Crippen LogP) is 3.83. The highest BCUT2D eigenvalue weighted by Gasteiger charge is 2.39.